The van der Waals surface area contributed by atoms with Gasteiger partial charge in [0.2, 0.25) is 0 Å². The molecule has 0 amide bonds. The molecule has 1 aromatic rings. The number of hydrogen-bond donors (Lipinski definition) is 0. The van der Waals surface area contributed by atoms with E-state index in [1.165, 1.54) is 11.1 Å². The largest absolute Gasteiger partial charge is 0.371 e. The van der Waals surface area contributed by atoms with E-state index in [9.17, 15) is 0 Å². The molecule has 0 unspecified atom stereocenters. The Balaban J connectivity index is 2.22. The molecule has 1 fully saturated rings. The highest BCUT2D eigenvalue weighted by Crippen LogP contribution is 2.41. The summed E-state index contributed by atoms with van der Waals surface area (Å²) in [5.41, 5.74) is 2.85. The fraction of sp³-hybridized carbons (Fsp3) is 0.625. The smallest absolute Gasteiger partial charge is 0.0674 e. The molecule has 0 saturated carbocycles. The summed E-state index contributed by atoms with van der Waals surface area (Å²) in [5, 5.41) is 0. The van der Waals surface area contributed by atoms with Crippen molar-refractivity contribution in [3.05, 3.63) is 35.4 Å². The fourth-order valence-electron chi connectivity index (χ4n) is 3.29. The van der Waals surface area contributed by atoms with E-state index in [0.29, 0.717) is 17.9 Å². The molecule has 0 aromatic heterocycles. The zero-order chi connectivity index (χ0) is 12.6. The van der Waals surface area contributed by atoms with E-state index in [1.807, 2.05) is 0 Å². The van der Waals surface area contributed by atoms with Crippen LogP contribution in [0.25, 0.3) is 0 Å². The van der Waals surface area contributed by atoms with Gasteiger partial charge in [-0.1, -0.05) is 38.1 Å². The average molecular weight is 232 g/mol. The van der Waals surface area contributed by atoms with Crippen LogP contribution in [0.15, 0.2) is 24.3 Å². The summed E-state index contributed by atoms with van der Waals surface area (Å²) < 4.78 is 6.23. The van der Waals surface area contributed by atoms with Crippen LogP contribution in [0.1, 0.15) is 51.2 Å². The molecule has 1 aliphatic heterocycles. The van der Waals surface area contributed by atoms with Gasteiger partial charge in [0.1, 0.15) is 0 Å². The van der Waals surface area contributed by atoms with Crippen LogP contribution in [0, 0.1) is 12.8 Å². The Morgan fingerprint density at radius 3 is 2.47 bits per heavy atom. The van der Waals surface area contributed by atoms with Gasteiger partial charge in [0.15, 0.2) is 0 Å². The van der Waals surface area contributed by atoms with E-state index >= 15 is 0 Å². The second-order valence-corrected chi connectivity index (χ2v) is 6.17. The Bertz CT molecular complexity index is 394. The second-order valence-electron chi connectivity index (χ2n) is 6.17. The summed E-state index contributed by atoms with van der Waals surface area (Å²) in [5.74, 6) is 1.12. The highest BCUT2D eigenvalue weighted by atomic mass is 16.5. The van der Waals surface area contributed by atoms with E-state index < -0.39 is 0 Å². The van der Waals surface area contributed by atoms with Crippen molar-refractivity contribution in [2.75, 3.05) is 0 Å². The number of ether oxygens (including phenoxy) is 1. The monoisotopic (exact) mass is 232 g/mol. The minimum atomic E-state index is 0.0427. The molecule has 1 saturated heterocycles. The molecule has 0 spiro atoms. The third-order valence-corrected chi connectivity index (χ3v) is 4.00. The van der Waals surface area contributed by atoms with Crippen molar-refractivity contribution in [1.29, 1.82) is 0 Å². The van der Waals surface area contributed by atoms with Gasteiger partial charge in [0, 0.05) is 5.92 Å². The quantitative estimate of drug-likeness (QED) is 0.738. The van der Waals surface area contributed by atoms with Crippen molar-refractivity contribution < 1.29 is 4.74 Å². The molecule has 1 aliphatic rings. The summed E-state index contributed by atoms with van der Waals surface area (Å²) in [6.07, 6.45) is 1.51. The van der Waals surface area contributed by atoms with Crippen LogP contribution in [0.2, 0.25) is 0 Å². The van der Waals surface area contributed by atoms with Gasteiger partial charge in [-0.05, 0) is 44.2 Å². The van der Waals surface area contributed by atoms with E-state index in [1.54, 1.807) is 0 Å². The SMILES string of the molecule is Cc1ccccc1[C@H](C)[C@@H]1OC(C)(C)C[C@H]1C. The molecular weight excluding hydrogens is 208 g/mol. The van der Waals surface area contributed by atoms with Crippen molar-refractivity contribution >= 4 is 0 Å². The normalized spacial score (nSPS) is 29.2. The van der Waals surface area contributed by atoms with E-state index in [4.69, 9.17) is 4.74 Å². The maximum Gasteiger partial charge on any atom is 0.0674 e. The summed E-state index contributed by atoms with van der Waals surface area (Å²) in [6, 6.07) is 8.66. The Kier molecular flexibility index (Phi) is 3.31. The maximum atomic E-state index is 6.23. The molecule has 0 bridgehead atoms. The summed E-state index contributed by atoms with van der Waals surface area (Å²) in [7, 11) is 0. The second kappa shape index (κ2) is 4.45. The molecule has 1 nitrogen and oxygen atoms in total. The molecule has 3 atom stereocenters. The van der Waals surface area contributed by atoms with Crippen LogP contribution >= 0.6 is 0 Å². The lowest BCUT2D eigenvalue weighted by Gasteiger charge is -2.26. The number of hydrogen-bond acceptors (Lipinski definition) is 1. The summed E-state index contributed by atoms with van der Waals surface area (Å²) in [4.78, 5) is 0. The van der Waals surface area contributed by atoms with E-state index in [2.05, 4.69) is 58.9 Å². The van der Waals surface area contributed by atoms with Crippen molar-refractivity contribution in [1.82, 2.24) is 0 Å². The van der Waals surface area contributed by atoms with Gasteiger partial charge in [0.25, 0.3) is 0 Å². The van der Waals surface area contributed by atoms with Gasteiger partial charge in [-0.25, -0.2) is 0 Å². The zero-order valence-electron chi connectivity index (χ0n) is 11.7. The lowest BCUT2D eigenvalue weighted by atomic mass is 9.85. The van der Waals surface area contributed by atoms with Crippen LogP contribution in [0.4, 0.5) is 0 Å². The molecule has 0 N–H and O–H groups in total. The van der Waals surface area contributed by atoms with E-state index in [-0.39, 0.29) is 5.60 Å². The number of benzene rings is 1. The lowest BCUT2D eigenvalue weighted by Crippen LogP contribution is -2.25. The third kappa shape index (κ3) is 2.55. The minimum absolute atomic E-state index is 0.0427. The first-order chi connectivity index (χ1) is 7.91. The molecule has 1 aromatic carbocycles. The van der Waals surface area contributed by atoms with Gasteiger partial charge >= 0.3 is 0 Å². The summed E-state index contributed by atoms with van der Waals surface area (Å²) >= 11 is 0. The predicted octanol–water partition coefficient (Wildman–Crippen LogP) is 4.30. The van der Waals surface area contributed by atoms with Crippen LogP contribution < -0.4 is 0 Å². The third-order valence-electron chi connectivity index (χ3n) is 4.00. The average Bonchev–Trinajstić information content (AvgIpc) is 2.52. The number of aryl methyl sites for hydroxylation is 1. The van der Waals surface area contributed by atoms with Gasteiger partial charge in [-0.3, -0.25) is 0 Å². The Morgan fingerprint density at radius 2 is 1.94 bits per heavy atom. The minimum Gasteiger partial charge on any atom is -0.371 e. The van der Waals surface area contributed by atoms with Crippen LogP contribution in [-0.4, -0.2) is 11.7 Å². The number of rotatable bonds is 2. The van der Waals surface area contributed by atoms with Crippen LogP contribution in [0.3, 0.4) is 0 Å². The predicted molar refractivity (Wildman–Crippen MR) is 72.3 cm³/mol. The molecule has 1 heteroatoms. The lowest BCUT2D eigenvalue weighted by molar-refractivity contribution is -0.0297. The Morgan fingerprint density at radius 1 is 1.29 bits per heavy atom. The maximum absolute atomic E-state index is 6.23. The molecule has 94 valence electrons. The molecule has 0 radical (unpaired) electrons. The fourth-order valence-corrected chi connectivity index (χ4v) is 3.29. The van der Waals surface area contributed by atoms with Crippen molar-refractivity contribution in [3.8, 4) is 0 Å². The first kappa shape index (κ1) is 12.6. The standard InChI is InChI=1S/C16H24O/c1-11-8-6-7-9-14(11)13(3)15-12(2)10-16(4,5)17-15/h6-9,12-13,15H,10H2,1-5H3/t12-,13+,15-/m1/s1. The molecular formula is C16H24O. The molecule has 2 rings (SSSR count). The van der Waals surface area contributed by atoms with Gasteiger partial charge < -0.3 is 4.74 Å². The zero-order valence-corrected chi connectivity index (χ0v) is 11.7. The topological polar surface area (TPSA) is 9.23 Å². The first-order valence-corrected chi connectivity index (χ1v) is 6.64. The van der Waals surface area contributed by atoms with Crippen molar-refractivity contribution in [2.24, 2.45) is 5.92 Å². The summed E-state index contributed by atoms with van der Waals surface area (Å²) in [6.45, 7) is 11.2. The van der Waals surface area contributed by atoms with E-state index in [0.717, 1.165) is 6.42 Å². The highest BCUT2D eigenvalue weighted by Gasteiger charge is 2.40. The molecule has 17 heavy (non-hydrogen) atoms. The van der Waals surface area contributed by atoms with Crippen molar-refractivity contribution in [3.63, 3.8) is 0 Å². The van der Waals surface area contributed by atoms with Gasteiger partial charge in [0.05, 0.1) is 11.7 Å². The highest BCUT2D eigenvalue weighted by molar-refractivity contribution is 5.30. The Hall–Kier alpha value is -0.820. The van der Waals surface area contributed by atoms with Crippen molar-refractivity contribution in [2.45, 2.75) is 58.7 Å². The Labute approximate surface area is 105 Å². The van der Waals surface area contributed by atoms with Gasteiger partial charge in [-0.2, -0.15) is 0 Å². The van der Waals surface area contributed by atoms with Gasteiger partial charge in [-0.15, -0.1) is 0 Å². The van der Waals surface area contributed by atoms with Crippen LogP contribution in [0.5, 0.6) is 0 Å². The first-order valence-electron chi connectivity index (χ1n) is 6.64. The van der Waals surface area contributed by atoms with Crippen LogP contribution in [-0.2, 0) is 4.74 Å². The molecule has 0 aliphatic carbocycles. The molecule has 1 heterocycles.